The maximum absolute atomic E-state index is 13.1. The van der Waals surface area contributed by atoms with Crippen LogP contribution in [0.15, 0.2) is 47.3 Å². The van der Waals surface area contributed by atoms with Gasteiger partial charge in [0.15, 0.2) is 11.6 Å². The standard InChI is InChI=1S/C19H14BrF6N5O/c1-10(15-28-17(20)29-31(15)14-5-3-4-6-27-14)30(2)16(32)11-7-12(18(21,22)23)9-13(8-11)19(24,25)26/h3-10H,1-2H3. The molecule has 3 rings (SSSR count). The van der Waals surface area contributed by atoms with Gasteiger partial charge in [0.2, 0.25) is 4.73 Å². The molecule has 0 aliphatic rings. The summed E-state index contributed by atoms with van der Waals surface area (Å²) in [5, 5.41) is 4.13. The number of halogens is 7. The lowest BCUT2D eigenvalue weighted by Crippen LogP contribution is -2.32. The van der Waals surface area contributed by atoms with Gasteiger partial charge < -0.3 is 4.90 Å². The van der Waals surface area contributed by atoms with Crippen molar-refractivity contribution in [3.8, 4) is 5.82 Å². The Labute approximate surface area is 186 Å². The maximum Gasteiger partial charge on any atom is 0.416 e. The fourth-order valence-electron chi connectivity index (χ4n) is 2.85. The Bertz CT molecular complexity index is 1100. The van der Waals surface area contributed by atoms with Crippen molar-refractivity contribution in [3.63, 3.8) is 0 Å². The number of carbonyl (C=O) groups excluding carboxylic acids is 1. The summed E-state index contributed by atoms with van der Waals surface area (Å²) in [5.74, 6) is -0.512. The molecule has 3 aromatic rings. The Morgan fingerprint density at radius 3 is 2.16 bits per heavy atom. The van der Waals surface area contributed by atoms with E-state index in [1.165, 1.54) is 24.9 Å². The summed E-state index contributed by atoms with van der Waals surface area (Å²) in [7, 11) is 1.24. The molecule has 0 fully saturated rings. The maximum atomic E-state index is 13.1. The molecule has 1 aromatic carbocycles. The van der Waals surface area contributed by atoms with E-state index in [1.54, 1.807) is 18.2 Å². The zero-order valence-electron chi connectivity index (χ0n) is 16.4. The second-order valence-corrected chi connectivity index (χ2v) is 7.43. The van der Waals surface area contributed by atoms with Crippen molar-refractivity contribution >= 4 is 21.8 Å². The van der Waals surface area contributed by atoms with E-state index in [9.17, 15) is 31.1 Å². The van der Waals surface area contributed by atoms with E-state index in [0.717, 1.165) is 4.90 Å². The number of pyridine rings is 1. The summed E-state index contributed by atoms with van der Waals surface area (Å²) in [6.07, 6.45) is -8.63. The van der Waals surface area contributed by atoms with Gasteiger partial charge in [0.25, 0.3) is 5.91 Å². The zero-order valence-corrected chi connectivity index (χ0v) is 18.0. The van der Waals surface area contributed by atoms with E-state index in [-0.39, 0.29) is 16.6 Å². The monoisotopic (exact) mass is 521 g/mol. The lowest BCUT2D eigenvalue weighted by atomic mass is 10.0. The van der Waals surface area contributed by atoms with Gasteiger partial charge in [-0.15, -0.1) is 5.10 Å². The van der Waals surface area contributed by atoms with Gasteiger partial charge in [0.1, 0.15) is 0 Å². The number of amides is 1. The summed E-state index contributed by atoms with van der Waals surface area (Å²) in [6, 6.07) is 4.83. The van der Waals surface area contributed by atoms with Crippen LogP contribution in [0.5, 0.6) is 0 Å². The van der Waals surface area contributed by atoms with Crippen LogP contribution >= 0.6 is 15.9 Å². The van der Waals surface area contributed by atoms with Crippen LogP contribution < -0.4 is 0 Å². The van der Waals surface area contributed by atoms with Crippen LogP contribution in [0.4, 0.5) is 26.3 Å². The molecular formula is C19H14BrF6N5O. The number of nitrogens with zero attached hydrogens (tertiary/aromatic N) is 5. The molecule has 1 amide bonds. The molecule has 32 heavy (non-hydrogen) atoms. The molecule has 1 atom stereocenters. The topological polar surface area (TPSA) is 63.9 Å². The molecule has 2 heterocycles. The predicted molar refractivity (Wildman–Crippen MR) is 104 cm³/mol. The molecule has 0 aliphatic carbocycles. The molecule has 0 saturated carbocycles. The van der Waals surface area contributed by atoms with Gasteiger partial charge in [-0.25, -0.2) is 9.97 Å². The average Bonchev–Trinajstić information content (AvgIpc) is 3.12. The first-order valence-corrected chi connectivity index (χ1v) is 9.69. The predicted octanol–water partition coefficient (Wildman–Crippen LogP) is 5.30. The number of rotatable bonds is 4. The Morgan fingerprint density at radius 2 is 1.66 bits per heavy atom. The highest BCUT2D eigenvalue weighted by atomic mass is 79.9. The SMILES string of the molecule is CC(c1nc(Br)nn1-c1ccccn1)N(C)C(=O)c1cc(C(F)(F)F)cc(C(F)(F)F)c1. The third-order valence-electron chi connectivity index (χ3n) is 4.58. The van der Waals surface area contributed by atoms with Crippen molar-refractivity contribution in [3.05, 3.63) is 69.8 Å². The molecule has 170 valence electrons. The Balaban J connectivity index is 2.01. The number of carbonyl (C=O) groups is 1. The van der Waals surface area contributed by atoms with E-state index in [1.807, 2.05) is 0 Å². The molecule has 1 unspecified atom stereocenters. The lowest BCUT2D eigenvalue weighted by molar-refractivity contribution is -0.143. The van der Waals surface area contributed by atoms with Crippen LogP contribution in [-0.4, -0.2) is 37.6 Å². The lowest BCUT2D eigenvalue weighted by Gasteiger charge is -2.25. The average molecular weight is 522 g/mol. The van der Waals surface area contributed by atoms with Gasteiger partial charge in [0, 0.05) is 18.8 Å². The van der Waals surface area contributed by atoms with Crippen LogP contribution in [0, 0.1) is 0 Å². The van der Waals surface area contributed by atoms with E-state index >= 15 is 0 Å². The van der Waals surface area contributed by atoms with Crippen molar-refractivity contribution < 1.29 is 31.1 Å². The largest absolute Gasteiger partial charge is 0.416 e. The number of alkyl halides is 6. The normalized spacial score (nSPS) is 13.2. The Hall–Kier alpha value is -2.96. The van der Waals surface area contributed by atoms with Crippen LogP contribution in [-0.2, 0) is 12.4 Å². The Morgan fingerprint density at radius 1 is 1.06 bits per heavy atom. The van der Waals surface area contributed by atoms with Crippen molar-refractivity contribution in [2.24, 2.45) is 0 Å². The third-order valence-corrected chi connectivity index (χ3v) is 4.92. The molecule has 13 heteroatoms. The fraction of sp³-hybridized carbons (Fsp3) is 0.263. The highest BCUT2D eigenvalue weighted by molar-refractivity contribution is 9.10. The molecule has 0 bridgehead atoms. The molecule has 0 radical (unpaired) electrons. The highest BCUT2D eigenvalue weighted by Gasteiger charge is 2.38. The molecule has 0 aliphatic heterocycles. The quantitative estimate of drug-likeness (QED) is 0.437. The molecular weight excluding hydrogens is 508 g/mol. The van der Waals surface area contributed by atoms with E-state index in [4.69, 9.17) is 0 Å². The minimum absolute atomic E-state index is 0.0327. The molecule has 2 aromatic heterocycles. The van der Waals surface area contributed by atoms with E-state index in [0.29, 0.717) is 18.0 Å². The minimum Gasteiger partial charge on any atom is -0.332 e. The molecule has 0 saturated heterocycles. The van der Waals surface area contributed by atoms with Gasteiger partial charge in [-0.2, -0.15) is 31.0 Å². The summed E-state index contributed by atoms with van der Waals surface area (Å²) in [4.78, 5) is 22.2. The van der Waals surface area contributed by atoms with Crippen LogP contribution in [0.3, 0.4) is 0 Å². The molecule has 6 nitrogen and oxygen atoms in total. The van der Waals surface area contributed by atoms with Crippen molar-refractivity contribution in [1.82, 2.24) is 24.6 Å². The summed E-state index contributed by atoms with van der Waals surface area (Å²) in [5.41, 5.74) is -3.91. The summed E-state index contributed by atoms with van der Waals surface area (Å²) >= 11 is 3.12. The number of benzene rings is 1. The van der Waals surface area contributed by atoms with Crippen molar-refractivity contribution in [2.75, 3.05) is 7.05 Å². The fourth-order valence-corrected chi connectivity index (χ4v) is 3.19. The van der Waals surface area contributed by atoms with Crippen LogP contribution in [0.25, 0.3) is 5.82 Å². The smallest absolute Gasteiger partial charge is 0.332 e. The van der Waals surface area contributed by atoms with Gasteiger partial charge in [0.05, 0.1) is 17.2 Å². The first-order valence-electron chi connectivity index (χ1n) is 8.89. The highest BCUT2D eigenvalue weighted by Crippen LogP contribution is 2.37. The van der Waals surface area contributed by atoms with Crippen molar-refractivity contribution in [2.45, 2.75) is 25.3 Å². The molecule has 0 N–H and O–H groups in total. The third kappa shape index (κ3) is 4.92. The number of hydrogen-bond donors (Lipinski definition) is 0. The second-order valence-electron chi connectivity index (χ2n) is 6.73. The van der Waals surface area contributed by atoms with Gasteiger partial charge in [-0.3, -0.25) is 4.79 Å². The minimum atomic E-state index is -5.06. The van der Waals surface area contributed by atoms with Gasteiger partial charge >= 0.3 is 12.4 Å². The summed E-state index contributed by atoms with van der Waals surface area (Å²) in [6.45, 7) is 1.51. The zero-order chi connectivity index (χ0) is 23.8. The Kier molecular flexibility index (Phi) is 6.31. The summed E-state index contributed by atoms with van der Waals surface area (Å²) < 4.78 is 80.3. The number of hydrogen-bond acceptors (Lipinski definition) is 4. The second kappa shape index (κ2) is 8.52. The van der Waals surface area contributed by atoms with E-state index < -0.39 is 41.0 Å². The van der Waals surface area contributed by atoms with Gasteiger partial charge in [-0.05, 0) is 53.2 Å². The number of aromatic nitrogens is 4. The van der Waals surface area contributed by atoms with Gasteiger partial charge in [-0.1, -0.05) is 6.07 Å². The van der Waals surface area contributed by atoms with Crippen molar-refractivity contribution in [1.29, 1.82) is 0 Å². The molecule has 0 spiro atoms. The first kappa shape index (κ1) is 23.7. The van der Waals surface area contributed by atoms with Crippen LogP contribution in [0.1, 0.15) is 40.3 Å². The van der Waals surface area contributed by atoms with Crippen LogP contribution in [0.2, 0.25) is 0 Å². The van der Waals surface area contributed by atoms with E-state index in [2.05, 4.69) is 31.0 Å². The first-order chi connectivity index (χ1) is 14.8.